The Labute approximate surface area is 150 Å². The van der Waals surface area contributed by atoms with Crippen molar-refractivity contribution in [1.82, 2.24) is 14.9 Å². The lowest BCUT2D eigenvalue weighted by Gasteiger charge is -2.31. The monoisotopic (exact) mass is 360 g/mol. The molecule has 0 spiro atoms. The van der Waals surface area contributed by atoms with Crippen LogP contribution in [0.15, 0.2) is 29.8 Å². The lowest BCUT2D eigenvalue weighted by atomic mass is 9.97. The van der Waals surface area contributed by atoms with E-state index in [1.807, 2.05) is 18.2 Å². The summed E-state index contributed by atoms with van der Waals surface area (Å²) in [5.41, 5.74) is 0.777. The molecule has 1 aliphatic rings. The van der Waals surface area contributed by atoms with E-state index in [0.717, 1.165) is 23.5 Å². The van der Waals surface area contributed by atoms with E-state index in [2.05, 4.69) is 15.3 Å². The summed E-state index contributed by atoms with van der Waals surface area (Å²) in [5.74, 6) is 0.147. The second-order valence-electron chi connectivity index (χ2n) is 5.73. The zero-order valence-electron chi connectivity index (χ0n) is 14.0. The molecule has 2 aromatic rings. The summed E-state index contributed by atoms with van der Waals surface area (Å²) in [5, 5.41) is 5.40. The van der Waals surface area contributed by atoms with E-state index < -0.39 is 0 Å². The Morgan fingerprint density at radius 1 is 1.44 bits per heavy atom. The molecule has 25 heavy (non-hydrogen) atoms. The number of nitrogens with one attached hydrogen (secondary N) is 1. The summed E-state index contributed by atoms with van der Waals surface area (Å²) < 4.78 is 5.02. The summed E-state index contributed by atoms with van der Waals surface area (Å²) in [7, 11) is 0. The van der Waals surface area contributed by atoms with Crippen molar-refractivity contribution in [3.8, 4) is 10.7 Å². The summed E-state index contributed by atoms with van der Waals surface area (Å²) in [4.78, 5) is 34.6. The molecule has 0 radical (unpaired) electrons. The summed E-state index contributed by atoms with van der Waals surface area (Å²) >= 11 is 1.43. The van der Waals surface area contributed by atoms with Crippen LogP contribution in [0.25, 0.3) is 10.7 Å². The largest absolute Gasteiger partial charge is 0.450 e. The second-order valence-corrected chi connectivity index (χ2v) is 6.58. The number of amides is 2. The fraction of sp³-hybridized carbons (Fsp3) is 0.412. The second kappa shape index (κ2) is 8.06. The number of anilines is 1. The standard InChI is InChI=1S/C17H20N4O3S/c1-2-24-17(23)21-9-5-6-12(10-21)15(22)19-14-11-25-16(20-14)13-7-3-4-8-18-13/h3-4,7-8,11-12H,2,5-6,9-10H2,1H3,(H,19,22)/t12-/m0/s1. The van der Waals surface area contributed by atoms with E-state index in [4.69, 9.17) is 4.74 Å². The zero-order valence-corrected chi connectivity index (χ0v) is 14.8. The number of ether oxygens (including phenoxy) is 1. The third-order valence-electron chi connectivity index (χ3n) is 3.96. The molecule has 8 heteroatoms. The summed E-state index contributed by atoms with van der Waals surface area (Å²) in [6, 6.07) is 5.62. The van der Waals surface area contributed by atoms with Crippen molar-refractivity contribution in [2.45, 2.75) is 19.8 Å². The maximum atomic E-state index is 12.5. The number of nitrogens with zero attached hydrogens (tertiary/aromatic N) is 3. The molecule has 2 amide bonds. The number of pyridine rings is 1. The van der Waals surface area contributed by atoms with Gasteiger partial charge in [0.1, 0.15) is 10.8 Å². The molecule has 1 atom stereocenters. The Morgan fingerprint density at radius 3 is 3.08 bits per heavy atom. The van der Waals surface area contributed by atoms with Crippen molar-refractivity contribution in [3.05, 3.63) is 29.8 Å². The van der Waals surface area contributed by atoms with Crippen molar-refractivity contribution in [2.75, 3.05) is 25.0 Å². The summed E-state index contributed by atoms with van der Waals surface area (Å²) in [6.07, 6.45) is 2.89. The normalized spacial score (nSPS) is 17.2. The van der Waals surface area contributed by atoms with Gasteiger partial charge in [0.2, 0.25) is 5.91 Å². The number of aromatic nitrogens is 2. The predicted molar refractivity (Wildman–Crippen MR) is 95.3 cm³/mol. The number of piperidine rings is 1. The smallest absolute Gasteiger partial charge is 0.409 e. The Bertz CT molecular complexity index is 735. The third kappa shape index (κ3) is 4.33. The predicted octanol–water partition coefficient (Wildman–Crippen LogP) is 3.01. The number of carbonyl (C=O) groups is 2. The van der Waals surface area contributed by atoms with Gasteiger partial charge >= 0.3 is 6.09 Å². The number of likely N-dealkylation sites (tertiary alicyclic amines) is 1. The van der Waals surface area contributed by atoms with E-state index in [1.54, 1.807) is 23.4 Å². The molecular formula is C17H20N4O3S. The lowest BCUT2D eigenvalue weighted by Crippen LogP contribution is -2.44. The number of rotatable bonds is 4. The van der Waals surface area contributed by atoms with Crippen LogP contribution in [-0.4, -0.2) is 46.6 Å². The molecule has 3 heterocycles. The minimum Gasteiger partial charge on any atom is -0.450 e. The Hall–Kier alpha value is -2.48. The van der Waals surface area contributed by atoms with Gasteiger partial charge in [-0.2, -0.15) is 0 Å². The van der Waals surface area contributed by atoms with Crippen LogP contribution in [0.4, 0.5) is 10.6 Å². The molecule has 3 rings (SSSR count). The lowest BCUT2D eigenvalue weighted by molar-refractivity contribution is -0.121. The first-order valence-corrected chi connectivity index (χ1v) is 9.15. The van der Waals surface area contributed by atoms with Crippen LogP contribution in [0.2, 0.25) is 0 Å². The van der Waals surface area contributed by atoms with Gasteiger partial charge in [0.05, 0.1) is 18.2 Å². The minimum atomic E-state index is -0.355. The van der Waals surface area contributed by atoms with E-state index in [-0.39, 0.29) is 17.9 Å². The Morgan fingerprint density at radius 2 is 2.32 bits per heavy atom. The zero-order chi connectivity index (χ0) is 17.6. The van der Waals surface area contributed by atoms with Crippen LogP contribution in [0.3, 0.4) is 0 Å². The van der Waals surface area contributed by atoms with Gasteiger partial charge in [-0.05, 0) is 31.9 Å². The van der Waals surface area contributed by atoms with E-state index in [0.29, 0.717) is 25.5 Å². The highest BCUT2D eigenvalue weighted by Gasteiger charge is 2.29. The highest BCUT2D eigenvalue weighted by Crippen LogP contribution is 2.25. The topological polar surface area (TPSA) is 84.4 Å². The molecule has 7 nitrogen and oxygen atoms in total. The molecule has 132 valence electrons. The van der Waals surface area contributed by atoms with Crippen molar-refractivity contribution in [3.63, 3.8) is 0 Å². The van der Waals surface area contributed by atoms with Gasteiger partial charge in [-0.1, -0.05) is 6.07 Å². The molecule has 1 fully saturated rings. The van der Waals surface area contributed by atoms with Crippen LogP contribution in [-0.2, 0) is 9.53 Å². The van der Waals surface area contributed by atoms with Crippen molar-refractivity contribution in [2.24, 2.45) is 5.92 Å². The highest BCUT2D eigenvalue weighted by atomic mass is 32.1. The fourth-order valence-electron chi connectivity index (χ4n) is 2.74. The molecule has 0 bridgehead atoms. The van der Waals surface area contributed by atoms with Gasteiger partial charge in [-0.25, -0.2) is 9.78 Å². The van der Waals surface area contributed by atoms with Gasteiger partial charge in [0.25, 0.3) is 0 Å². The number of carbonyl (C=O) groups excluding carboxylic acids is 2. The maximum Gasteiger partial charge on any atom is 0.409 e. The van der Waals surface area contributed by atoms with E-state index in [1.165, 1.54) is 11.3 Å². The summed E-state index contributed by atoms with van der Waals surface area (Å²) in [6.45, 7) is 3.11. The molecule has 1 saturated heterocycles. The number of thiazole rings is 1. The van der Waals surface area contributed by atoms with Gasteiger partial charge in [0.15, 0.2) is 0 Å². The SMILES string of the molecule is CCOC(=O)N1CCC[C@H](C(=O)Nc2csc(-c3ccccn3)n2)C1. The highest BCUT2D eigenvalue weighted by molar-refractivity contribution is 7.13. The third-order valence-corrected chi connectivity index (χ3v) is 4.82. The molecular weight excluding hydrogens is 340 g/mol. The van der Waals surface area contributed by atoms with Crippen molar-refractivity contribution < 1.29 is 14.3 Å². The first kappa shape index (κ1) is 17.3. The van der Waals surface area contributed by atoms with Crippen LogP contribution in [0, 0.1) is 5.92 Å². The molecule has 1 aliphatic heterocycles. The molecule has 0 saturated carbocycles. The number of hydrogen-bond donors (Lipinski definition) is 1. The number of hydrogen-bond acceptors (Lipinski definition) is 6. The first-order chi connectivity index (χ1) is 12.2. The fourth-order valence-corrected chi connectivity index (χ4v) is 3.47. The van der Waals surface area contributed by atoms with E-state index in [9.17, 15) is 9.59 Å². The molecule has 2 aromatic heterocycles. The molecule has 0 aliphatic carbocycles. The molecule has 0 aromatic carbocycles. The van der Waals surface area contributed by atoms with Gasteiger partial charge in [-0.15, -0.1) is 11.3 Å². The van der Waals surface area contributed by atoms with E-state index >= 15 is 0 Å². The Kier molecular flexibility index (Phi) is 5.60. The van der Waals surface area contributed by atoms with Gasteiger partial charge in [-0.3, -0.25) is 9.78 Å². The molecule has 0 unspecified atom stereocenters. The minimum absolute atomic E-state index is 0.119. The first-order valence-electron chi connectivity index (χ1n) is 8.27. The van der Waals surface area contributed by atoms with Crippen LogP contribution < -0.4 is 5.32 Å². The average molecular weight is 360 g/mol. The van der Waals surface area contributed by atoms with Crippen molar-refractivity contribution in [1.29, 1.82) is 0 Å². The average Bonchev–Trinajstić information content (AvgIpc) is 3.11. The van der Waals surface area contributed by atoms with Crippen LogP contribution in [0.5, 0.6) is 0 Å². The Balaban J connectivity index is 1.60. The quantitative estimate of drug-likeness (QED) is 0.906. The maximum absolute atomic E-state index is 12.5. The van der Waals surface area contributed by atoms with Gasteiger partial charge < -0.3 is 15.0 Å². The molecule has 1 N–H and O–H groups in total. The van der Waals surface area contributed by atoms with Gasteiger partial charge in [0, 0.05) is 24.7 Å². The van der Waals surface area contributed by atoms with Crippen LogP contribution >= 0.6 is 11.3 Å². The van der Waals surface area contributed by atoms with Crippen LogP contribution in [0.1, 0.15) is 19.8 Å². The van der Waals surface area contributed by atoms with Crippen molar-refractivity contribution >= 4 is 29.2 Å².